The Morgan fingerprint density at radius 1 is 1.21 bits per heavy atom. The van der Waals surface area contributed by atoms with E-state index in [0.717, 1.165) is 31.0 Å². The largest absolute Gasteiger partial charge is 0.341 e. The first kappa shape index (κ1) is 18.5. The quantitative estimate of drug-likeness (QED) is 0.867. The van der Waals surface area contributed by atoms with Crippen molar-refractivity contribution in [3.05, 3.63) is 35.7 Å². The van der Waals surface area contributed by atoms with E-state index in [1.54, 1.807) is 11.8 Å². The number of benzene rings is 1. The maximum absolute atomic E-state index is 13.8. The van der Waals surface area contributed by atoms with Crippen LogP contribution in [0.3, 0.4) is 0 Å². The molecule has 28 heavy (non-hydrogen) atoms. The van der Waals surface area contributed by atoms with E-state index in [4.69, 9.17) is 4.52 Å². The van der Waals surface area contributed by atoms with Crippen LogP contribution in [0.4, 0.5) is 8.78 Å². The van der Waals surface area contributed by atoms with Crippen LogP contribution in [0.2, 0.25) is 0 Å². The van der Waals surface area contributed by atoms with E-state index in [0.29, 0.717) is 18.5 Å². The van der Waals surface area contributed by atoms with Crippen molar-refractivity contribution in [3.63, 3.8) is 0 Å². The van der Waals surface area contributed by atoms with Gasteiger partial charge in [-0.3, -0.25) is 9.59 Å². The van der Waals surface area contributed by atoms with Crippen molar-refractivity contribution >= 4 is 11.8 Å². The number of halogens is 2. The highest BCUT2D eigenvalue weighted by Gasteiger charge is 2.45. The van der Waals surface area contributed by atoms with Crippen LogP contribution in [0.1, 0.15) is 43.2 Å². The molecule has 1 saturated carbocycles. The monoisotopic (exact) mass is 390 g/mol. The van der Waals surface area contributed by atoms with Gasteiger partial charge in [0.25, 0.3) is 17.6 Å². The molecule has 1 saturated heterocycles. The Labute approximate surface area is 160 Å². The average molecular weight is 390 g/mol. The Kier molecular flexibility index (Phi) is 4.60. The van der Waals surface area contributed by atoms with Crippen LogP contribution in [-0.4, -0.2) is 46.0 Å². The zero-order chi connectivity index (χ0) is 19.9. The lowest BCUT2D eigenvalue weighted by Gasteiger charge is -2.33. The van der Waals surface area contributed by atoms with Gasteiger partial charge in [-0.25, -0.2) is 8.78 Å². The fraction of sp³-hybridized carbons (Fsp3) is 0.474. The third kappa shape index (κ3) is 3.61. The van der Waals surface area contributed by atoms with Crippen molar-refractivity contribution in [2.24, 2.45) is 5.41 Å². The van der Waals surface area contributed by atoms with Crippen molar-refractivity contribution in [1.82, 2.24) is 20.4 Å². The van der Waals surface area contributed by atoms with Gasteiger partial charge in [-0.1, -0.05) is 5.16 Å². The SMILES string of the molecule is C[C@@H](NC(=O)c1noc(-c2cc(F)ccc2F)n1)C(=O)N1CCC2(CC1)CC2. The van der Waals surface area contributed by atoms with Crippen molar-refractivity contribution < 1.29 is 22.9 Å². The smallest absolute Gasteiger partial charge is 0.293 e. The van der Waals surface area contributed by atoms with Crippen molar-refractivity contribution in [1.29, 1.82) is 0 Å². The lowest BCUT2D eigenvalue weighted by molar-refractivity contribution is -0.134. The van der Waals surface area contributed by atoms with Gasteiger partial charge in [-0.05, 0) is 56.2 Å². The average Bonchev–Trinajstić information content (AvgIpc) is 3.25. The molecule has 1 aromatic heterocycles. The summed E-state index contributed by atoms with van der Waals surface area (Å²) in [4.78, 5) is 30.5. The first-order chi connectivity index (χ1) is 13.4. The number of nitrogens with one attached hydrogen (secondary N) is 1. The molecule has 0 bridgehead atoms. The van der Waals surface area contributed by atoms with Crippen molar-refractivity contribution in [3.8, 4) is 11.5 Å². The molecule has 0 radical (unpaired) electrons. The van der Waals surface area contributed by atoms with Crippen LogP contribution in [0.5, 0.6) is 0 Å². The molecule has 1 atom stereocenters. The van der Waals surface area contributed by atoms with Gasteiger partial charge in [-0.2, -0.15) is 4.98 Å². The van der Waals surface area contributed by atoms with E-state index in [1.165, 1.54) is 12.8 Å². The summed E-state index contributed by atoms with van der Waals surface area (Å²) in [5.74, 6) is -2.97. The lowest BCUT2D eigenvalue weighted by atomic mass is 9.93. The Balaban J connectivity index is 1.39. The molecule has 1 N–H and O–H groups in total. The summed E-state index contributed by atoms with van der Waals surface area (Å²) in [6, 6.07) is 2.04. The molecule has 9 heteroatoms. The Morgan fingerprint density at radius 3 is 2.61 bits per heavy atom. The maximum atomic E-state index is 13.8. The number of nitrogens with zero attached hydrogens (tertiary/aromatic N) is 3. The van der Waals surface area contributed by atoms with Gasteiger partial charge in [0.2, 0.25) is 5.91 Å². The minimum absolute atomic E-state index is 0.163. The van der Waals surface area contributed by atoms with Gasteiger partial charge >= 0.3 is 0 Å². The van der Waals surface area contributed by atoms with E-state index < -0.39 is 23.6 Å². The fourth-order valence-electron chi connectivity index (χ4n) is 3.56. The zero-order valence-electron chi connectivity index (χ0n) is 15.4. The van der Waals surface area contributed by atoms with Gasteiger partial charge < -0.3 is 14.7 Å². The minimum Gasteiger partial charge on any atom is -0.341 e. The number of aromatic nitrogens is 2. The molecule has 0 unspecified atom stereocenters. The molecule has 1 spiro atoms. The number of hydrogen-bond acceptors (Lipinski definition) is 5. The van der Waals surface area contributed by atoms with E-state index in [9.17, 15) is 18.4 Å². The van der Waals surface area contributed by atoms with Crippen LogP contribution in [0, 0.1) is 17.0 Å². The van der Waals surface area contributed by atoms with Crippen molar-refractivity contribution in [2.45, 2.75) is 38.6 Å². The highest BCUT2D eigenvalue weighted by molar-refractivity contribution is 5.94. The third-order valence-corrected chi connectivity index (χ3v) is 5.60. The van der Waals surface area contributed by atoms with E-state index in [-0.39, 0.29) is 23.2 Å². The molecular weight excluding hydrogens is 370 g/mol. The highest BCUT2D eigenvalue weighted by atomic mass is 19.1. The van der Waals surface area contributed by atoms with Crippen LogP contribution >= 0.6 is 0 Å². The number of likely N-dealkylation sites (tertiary alicyclic amines) is 1. The molecule has 1 aliphatic carbocycles. The zero-order valence-corrected chi connectivity index (χ0v) is 15.4. The van der Waals surface area contributed by atoms with Gasteiger partial charge in [-0.15, -0.1) is 0 Å². The van der Waals surface area contributed by atoms with Crippen LogP contribution in [0.25, 0.3) is 11.5 Å². The van der Waals surface area contributed by atoms with Gasteiger partial charge in [0.05, 0.1) is 5.56 Å². The molecular formula is C19H20F2N4O3. The second kappa shape index (κ2) is 6.96. The molecule has 4 rings (SSSR count). The summed E-state index contributed by atoms with van der Waals surface area (Å²) in [7, 11) is 0. The Hall–Kier alpha value is -2.84. The van der Waals surface area contributed by atoms with Crippen LogP contribution in [0.15, 0.2) is 22.7 Å². The van der Waals surface area contributed by atoms with E-state index in [1.807, 2.05) is 0 Å². The number of piperidine rings is 1. The summed E-state index contributed by atoms with van der Waals surface area (Å²) < 4.78 is 32.0. The topological polar surface area (TPSA) is 88.3 Å². The second-order valence-electron chi connectivity index (χ2n) is 7.57. The van der Waals surface area contributed by atoms with Gasteiger partial charge in [0.15, 0.2) is 0 Å². The molecule has 7 nitrogen and oxygen atoms in total. The van der Waals surface area contributed by atoms with Crippen LogP contribution < -0.4 is 5.32 Å². The maximum Gasteiger partial charge on any atom is 0.293 e. The van der Waals surface area contributed by atoms with Crippen molar-refractivity contribution in [2.75, 3.05) is 13.1 Å². The molecule has 148 valence electrons. The standard InChI is InChI=1S/C19H20F2N4O3/c1-11(18(27)25-8-6-19(4-5-19)7-9-25)22-16(26)15-23-17(28-24-15)13-10-12(20)2-3-14(13)21/h2-3,10-11H,4-9H2,1H3,(H,22,26)/t11-/m1/s1. The number of carbonyl (C=O) groups is 2. The second-order valence-corrected chi connectivity index (χ2v) is 7.57. The van der Waals surface area contributed by atoms with E-state index >= 15 is 0 Å². The lowest BCUT2D eigenvalue weighted by Crippen LogP contribution is -2.49. The minimum atomic E-state index is -0.756. The fourth-order valence-corrected chi connectivity index (χ4v) is 3.56. The molecule has 2 aromatic rings. The third-order valence-electron chi connectivity index (χ3n) is 5.60. The predicted octanol–water partition coefficient (Wildman–Crippen LogP) is 2.54. The molecule has 1 aliphatic heterocycles. The Bertz CT molecular complexity index is 916. The van der Waals surface area contributed by atoms with Gasteiger partial charge in [0, 0.05) is 13.1 Å². The highest BCUT2D eigenvalue weighted by Crippen LogP contribution is 2.53. The Morgan fingerprint density at radius 2 is 1.93 bits per heavy atom. The summed E-state index contributed by atoms with van der Waals surface area (Å²) in [6.45, 7) is 2.99. The number of amides is 2. The predicted molar refractivity (Wildman–Crippen MR) is 94.1 cm³/mol. The number of hydrogen-bond donors (Lipinski definition) is 1. The first-order valence-corrected chi connectivity index (χ1v) is 9.26. The number of carbonyl (C=O) groups excluding carboxylic acids is 2. The van der Waals surface area contributed by atoms with E-state index in [2.05, 4.69) is 15.5 Å². The summed E-state index contributed by atoms with van der Waals surface area (Å²) in [6.07, 6.45) is 4.50. The summed E-state index contributed by atoms with van der Waals surface area (Å²) in [5, 5.41) is 6.04. The van der Waals surface area contributed by atoms with Gasteiger partial charge in [0.1, 0.15) is 17.7 Å². The van der Waals surface area contributed by atoms with Crippen LogP contribution in [-0.2, 0) is 4.79 Å². The molecule has 1 aromatic carbocycles. The molecule has 2 fully saturated rings. The summed E-state index contributed by atoms with van der Waals surface area (Å²) in [5.41, 5.74) is 0.217. The first-order valence-electron chi connectivity index (χ1n) is 9.26. The number of rotatable bonds is 4. The summed E-state index contributed by atoms with van der Waals surface area (Å²) >= 11 is 0. The molecule has 2 amide bonds. The molecule has 2 heterocycles. The normalized spacial score (nSPS) is 18.8. The molecule has 2 aliphatic rings.